The average Bonchev–Trinajstić information content (AvgIpc) is 2.93. The van der Waals surface area contributed by atoms with Gasteiger partial charge in [0.15, 0.2) is 11.2 Å². The van der Waals surface area contributed by atoms with Crippen LogP contribution >= 0.6 is 22.9 Å². The third-order valence-electron chi connectivity index (χ3n) is 3.58. The Morgan fingerprint density at radius 3 is 2.46 bits per heavy atom. The van der Waals surface area contributed by atoms with Crippen molar-refractivity contribution in [3.8, 4) is 5.75 Å². The summed E-state index contributed by atoms with van der Waals surface area (Å²) in [6, 6.07) is 3.57. The molecule has 1 atom stereocenters. The Hall–Kier alpha value is -2.12. The quantitative estimate of drug-likeness (QED) is 0.736. The molecule has 1 aromatic heterocycles. The summed E-state index contributed by atoms with van der Waals surface area (Å²) in [5, 5.41) is 3.68. The highest BCUT2D eigenvalue weighted by molar-refractivity contribution is 7.17. The number of aromatic nitrogens is 1. The molecular weight excluding hydrogens is 376 g/mol. The van der Waals surface area contributed by atoms with Crippen LogP contribution in [0.2, 0.25) is 5.02 Å². The summed E-state index contributed by atoms with van der Waals surface area (Å²) in [5.41, 5.74) is 2.27. The maximum absolute atomic E-state index is 12.4. The molecule has 1 amide bonds. The molecule has 1 N–H and O–H groups in total. The predicted molar refractivity (Wildman–Crippen MR) is 102 cm³/mol. The zero-order valence-electron chi connectivity index (χ0n) is 15.3. The molecule has 0 aliphatic heterocycles. The van der Waals surface area contributed by atoms with Crippen LogP contribution < -0.4 is 10.1 Å². The molecule has 0 aliphatic carbocycles. The van der Waals surface area contributed by atoms with E-state index in [0.717, 1.165) is 22.5 Å². The standard InChI is InChI=1S/C18H21ClN2O4S/c1-6-24-17(23)15-11(4)20-18(26-15)21-16(22)12(5)25-13-7-9(2)14(19)10(3)8-13/h7-8,12H,6H2,1-5H3,(H,20,21,22). The first-order valence-electron chi connectivity index (χ1n) is 8.11. The lowest BCUT2D eigenvalue weighted by molar-refractivity contribution is -0.122. The van der Waals surface area contributed by atoms with Gasteiger partial charge in [-0.05, 0) is 57.9 Å². The Labute approximate surface area is 161 Å². The number of carbonyl (C=O) groups is 2. The van der Waals surface area contributed by atoms with Gasteiger partial charge in [-0.1, -0.05) is 22.9 Å². The Balaban J connectivity index is 2.05. The normalized spacial score (nSPS) is 11.8. The van der Waals surface area contributed by atoms with Gasteiger partial charge in [-0.2, -0.15) is 0 Å². The van der Waals surface area contributed by atoms with E-state index in [1.807, 2.05) is 13.8 Å². The minimum atomic E-state index is -0.745. The van der Waals surface area contributed by atoms with Crippen LogP contribution in [0.4, 0.5) is 5.13 Å². The highest BCUT2D eigenvalue weighted by atomic mass is 35.5. The van der Waals surface area contributed by atoms with Crippen molar-refractivity contribution < 1.29 is 19.1 Å². The molecule has 26 heavy (non-hydrogen) atoms. The van der Waals surface area contributed by atoms with Gasteiger partial charge >= 0.3 is 5.97 Å². The highest BCUT2D eigenvalue weighted by Crippen LogP contribution is 2.27. The molecule has 1 unspecified atom stereocenters. The molecule has 0 spiro atoms. The van der Waals surface area contributed by atoms with E-state index >= 15 is 0 Å². The number of carbonyl (C=O) groups excluding carboxylic acids is 2. The first kappa shape index (κ1) is 20.2. The lowest BCUT2D eigenvalue weighted by Gasteiger charge is -2.15. The topological polar surface area (TPSA) is 77.5 Å². The molecule has 0 radical (unpaired) electrons. The smallest absolute Gasteiger partial charge is 0.350 e. The van der Waals surface area contributed by atoms with Crippen LogP contribution in [0.15, 0.2) is 12.1 Å². The fourth-order valence-corrected chi connectivity index (χ4v) is 3.25. The summed E-state index contributed by atoms with van der Waals surface area (Å²) in [7, 11) is 0. The molecule has 140 valence electrons. The number of thiazole rings is 1. The van der Waals surface area contributed by atoms with Gasteiger partial charge in [-0.25, -0.2) is 9.78 Å². The van der Waals surface area contributed by atoms with Crippen molar-refractivity contribution in [3.05, 3.63) is 38.9 Å². The fraction of sp³-hybridized carbons (Fsp3) is 0.389. The second-order valence-electron chi connectivity index (χ2n) is 5.77. The van der Waals surface area contributed by atoms with Crippen molar-refractivity contribution in [1.29, 1.82) is 0 Å². The summed E-state index contributed by atoms with van der Waals surface area (Å²) >= 11 is 7.22. The van der Waals surface area contributed by atoms with Crippen LogP contribution in [-0.2, 0) is 9.53 Å². The first-order chi connectivity index (χ1) is 12.2. The van der Waals surface area contributed by atoms with Gasteiger partial charge in [-0.15, -0.1) is 0 Å². The number of rotatable bonds is 6. The number of nitrogens with zero attached hydrogens (tertiary/aromatic N) is 1. The minimum Gasteiger partial charge on any atom is -0.481 e. The van der Waals surface area contributed by atoms with E-state index < -0.39 is 12.1 Å². The molecule has 6 nitrogen and oxygen atoms in total. The third kappa shape index (κ3) is 4.74. The molecule has 0 bridgehead atoms. The molecule has 1 aromatic carbocycles. The molecular formula is C18H21ClN2O4S. The molecule has 2 aromatic rings. The van der Waals surface area contributed by atoms with Gasteiger partial charge in [0.25, 0.3) is 5.91 Å². The molecule has 8 heteroatoms. The van der Waals surface area contributed by atoms with Crippen molar-refractivity contribution in [1.82, 2.24) is 4.98 Å². The van der Waals surface area contributed by atoms with Crippen LogP contribution in [0.1, 0.15) is 40.3 Å². The lowest BCUT2D eigenvalue weighted by atomic mass is 10.1. The second-order valence-corrected chi connectivity index (χ2v) is 7.15. The van der Waals surface area contributed by atoms with Crippen LogP contribution in [0.5, 0.6) is 5.75 Å². The van der Waals surface area contributed by atoms with Crippen LogP contribution in [0.25, 0.3) is 0 Å². The third-order valence-corrected chi connectivity index (χ3v) is 5.23. The second kappa shape index (κ2) is 8.51. The number of amides is 1. The van der Waals surface area contributed by atoms with Gasteiger partial charge in [0.05, 0.1) is 12.3 Å². The Kier molecular flexibility index (Phi) is 6.61. The Morgan fingerprint density at radius 1 is 1.27 bits per heavy atom. The van der Waals surface area contributed by atoms with E-state index in [2.05, 4.69) is 10.3 Å². The Morgan fingerprint density at radius 2 is 1.88 bits per heavy atom. The fourth-order valence-electron chi connectivity index (χ4n) is 2.27. The molecule has 0 fully saturated rings. The van der Waals surface area contributed by atoms with Crippen molar-refractivity contribution >= 4 is 39.9 Å². The van der Waals surface area contributed by atoms with Gasteiger partial charge in [0.1, 0.15) is 10.6 Å². The average molecular weight is 397 g/mol. The van der Waals surface area contributed by atoms with Gasteiger partial charge < -0.3 is 9.47 Å². The van der Waals surface area contributed by atoms with E-state index in [9.17, 15) is 9.59 Å². The summed E-state index contributed by atoms with van der Waals surface area (Å²) < 4.78 is 10.7. The molecule has 1 heterocycles. The molecule has 0 saturated heterocycles. The minimum absolute atomic E-state index is 0.280. The summed E-state index contributed by atoms with van der Waals surface area (Å²) in [4.78, 5) is 28.8. The van der Waals surface area contributed by atoms with Gasteiger partial charge in [-0.3, -0.25) is 10.1 Å². The summed E-state index contributed by atoms with van der Waals surface area (Å²) in [6.45, 7) is 9.10. The van der Waals surface area contributed by atoms with E-state index in [4.69, 9.17) is 21.1 Å². The van der Waals surface area contributed by atoms with E-state index in [0.29, 0.717) is 26.5 Å². The van der Waals surface area contributed by atoms with E-state index in [1.165, 1.54) is 0 Å². The molecule has 0 saturated carbocycles. The Bertz CT molecular complexity index is 812. The lowest BCUT2D eigenvalue weighted by Crippen LogP contribution is -2.30. The van der Waals surface area contributed by atoms with Crippen LogP contribution in [-0.4, -0.2) is 29.6 Å². The zero-order chi connectivity index (χ0) is 19.4. The maximum Gasteiger partial charge on any atom is 0.350 e. The number of hydrogen-bond donors (Lipinski definition) is 1. The van der Waals surface area contributed by atoms with E-state index in [1.54, 1.807) is 32.9 Å². The number of ether oxygens (including phenoxy) is 2. The largest absolute Gasteiger partial charge is 0.481 e. The first-order valence-corrected chi connectivity index (χ1v) is 9.31. The summed E-state index contributed by atoms with van der Waals surface area (Å²) in [5.74, 6) is -0.242. The van der Waals surface area contributed by atoms with Gasteiger partial charge in [0, 0.05) is 5.02 Å². The molecule has 2 rings (SSSR count). The monoisotopic (exact) mass is 396 g/mol. The van der Waals surface area contributed by atoms with Gasteiger partial charge in [0.2, 0.25) is 0 Å². The van der Waals surface area contributed by atoms with Crippen LogP contribution in [0.3, 0.4) is 0 Å². The van der Waals surface area contributed by atoms with Crippen molar-refractivity contribution in [3.63, 3.8) is 0 Å². The molecule has 0 aliphatic rings. The SMILES string of the molecule is CCOC(=O)c1sc(NC(=O)C(C)Oc2cc(C)c(Cl)c(C)c2)nc1C. The number of halogens is 1. The number of nitrogens with one attached hydrogen (secondary N) is 1. The number of esters is 1. The highest BCUT2D eigenvalue weighted by Gasteiger charge is 2.21. The zero-order valence-corrected chi connectivity index (χ0v) is 16.9. The van der Waals surface area contributed by atoms with E-state index in [-0.39, 0.29) is 12.5 Å². The number of aryl methyl sites for hydroxylation is 3. The van der Waals surface area contributed by atoms with Crippen molar-refractivity contribution in [2.45, 2.75) is 40.7 Å². The summed E-state index contributed by atoms with van der Waals surface area (Å²) in [6.07, 6.45) is -0.745. The van der Waals surface area contributed by atoms with Crippen LogP contribution in [0, 0.1) is 20.8 Å². The van der Waals surface area contributed by atoms with Crippen molar-refractivity contribution in [2.75, 3.05) is 11.9 Å². The number of hydrogen-bond acceptors (Lipinski definition) is 6. The predicted octanol–water partition coefficient (Wildman–Crippen LogP) is 4.30. The number of benzene rings is 1. The van der Waals surface area contributed by atoms with Crippen molar-refractivity contribution in [2.24, 2.45) is 0 Å². The number of anilines is 1. The maximum atomic E-state index is 12.4.